The number of methoxy groups -OCH3 is 1. The van der Waals surface area contributed by atoms with Gasteiger partial charge in [0.1, 0.15) is 0 Å². The predicted molar refractivity (Wildman–Crippen MR) is 47.1 cm³/mol. The van der Waals surface area contributed by atoms with Crippen LogP contribution < -0.4 is 5.73 Å². The van der Waals surface area contributed by atoms with Crippen LogP contribution in [0, 0.1) is 0 Å². The van der Waals surface area contributed by atoms with Gasteiger partial charge in [0.2, 0.25) is 0 Å². The summed E-state index contributed by atoms with van der Waals surface area (Å²) in [6.07, 6.45) is 0. The van der Waals surface area contributed by atoms with Crippen molar-refractivity contribution in [3.8, 4) is 0 Å². The van der Waals surface area contributed by atoms with Gasteiger partial charge in [-0.25, -0.2) is 4.79 Å². The molecule has 1 heterocycles. The molecule has 13 heavy (non-hydrogen) atoms. The third kappa shape index (κ3) is 1.86. The summed E-state index contributed by atoms with van der Waals surface area (Å²) in [4.78, 5) is 11.1. The Balaban J connectivity index is 3.02. The molecule has 72 valence electrons. The summed E-state index contributed by atoms with van der Waals surface area (Å²) in [5, 5.41) is 3.96. The molecule has 0 aliphatic rings. The van der Waals surface area contributed by atoms with Gasteiger partial charge in [0, 0.05) is 13.1 Å². The Morgan fingerprint density at radius 1 is 1.77 bits per heavy atom. The van der Waals surface area contributed by atoms with Gasteiger partial charge in [0.25, 0.3) is 0 Å². The third-order valence-electron chi connectivity index (χ3n) is 1.78. The van der Waals surface area contributed by atoms with Crippen LogP contribution >= 0.6 is 0 Å². The first-order valence-corrected chi connectivity index (χ1v) is 3.94. The quantitative estimate of drug-likeness (QED) is 0.666. The van der Waals surface area contributed by atoms with Crippen LogP contribution in [0.1, 0.15) is 29.1 Å². The topological polar surface area (TPSA) is 70.1 Å². The molecule has 1 atom stereocenters. The molecule has 0 spiro atoms. The smallest absolute Gasteiger partial charge is 0.358 e. The summed E-state index contributed by atoms with van der Waals surface area (Å²) in [7, 11) is 3.06. The fourth-order valence-electron chi connectivity index (χ4n) is 1.11. The van der Waals surface area contributed by atoms with E-state index in [2.05, 4.69) is 9.84 Å². The molecule has 1 aromatic heterocycles. The molecular weight excluding hydrogens is 170 g/mol. The minimum atomic E-state index is -0.442. The Labute approximate surface area is 76.5 Å². The van der Waals surface area contributed by atoms with Crippen molar-refractivity contribution in [2.75, 3.05) is 7.11 Å². The van der Waals surface area contributed by atoms with Crippen LogP contribution in [0.2, 0.25) is 0 Å². The molecule has 2 N–H and O–H groups in total. The van der Waals surface area contributed by atoms with E-state index >= 15 is 0 Å². The lowest BCUT2D eigenvalue weighted by Crippen LogP contribution is -2.10. The van der Waals surface area contributed by atoms with E-state index < -0.39 is 5.97 Å². The van der Waals surface area contributed by atoms with E-state index in [1.807, 2.05) is 6.92 Å². The van der Waals surface area contributed by atoms with Crippen molar-refractivity contribution in [3.05, 3.63) is 17.5 Å². The molecule has 0 aliphatic carbocycles. The average Bonchev–Trinajstić information content (AvgIpc) is 2.46. The molecule has 1 unspecified atom stereocenters. The molecular formula is C8H13N3O2. The minimum absolute atomic E-state index is 0.143. The Morgan fingerprint density at radius 2 is 2.38 bits per heavy atom. The van der Waals surface area contributed by atoms with Gasteiger partial charge in [-0.3, -0.25) is 4.68 Å². The molecule has 0 amide bonds. The van der Waals surface area contributed by atoms with Crippen molar-refractivity contribution < 1.29 is 9.53 Å². The molecule has 5 heteroatoms. The fraction of sp³-hybridized carbons (Fsp3) is 0.500. The van der Waals surface area contributed by atoms with Crippen LogP contribution in [0.15, 0.2) is 6.07 Å². The summed E-state index contributed by atoms with van der Waals surface area (Å²) in [5.74, 6) is -0.442. The highest BCUT2D eigenvalue weighted by Crippen LogP contribution is 2.10. The zero-order valence-electron chi connectivity index (χ0n) is 7.94. The van der Waals surface area contributed by atoms with Gasteiger partial charge in [-0.2, -0.15) is 5.10 Å². The first kappa shape index (κ1) is 9.73. The van der Waals surface area contributed by atoms with Gasteiger partial charge in [-0.1, -0.05) is 0 Å². The highest BCUT2D eigenvalue weighted by molar-refractivity contribution is 5.87. The van der Waals surface area contributed by atoms with E-state index in [1.54, 1.807) is 17.8 Å². The van der Waals surface area contributed by atoms with E-state index in [0.29, 0.717) is 0 Å². The third-order valence-corrected chi connectivity index (χ3v) is 1.78. The standard InChI is InChI=1S/C8H13N3O2/c1-5(9)7-4-6(8(12)13-3)10-11(7)2/h4-5H,9H2,1-3H3. The van der Waals surface area contributed by atoms with Crippen molar-refractivity contribution in [2.24, 2.45) is 12.8 Å². The van der Waals surface area contributed by atoms with Crippen LogP contribution in [-0.4, -0.2) is 22.9 Å². The van der Waals surface area contributed by atoms with E-state index in [4.69, 9.17) is 5.73 Å². The molecule has 0 saturated heterocycles. The number of carbonyl (C=O) groups excluding carboxylic acids is 1. The first-order valence-electron chi connectivity index (χ1n) is 3.94. The lowest BCUT2D eigenvalue weighted by molar-refractivity contribution is 0.0593. The van der Waals surface area contributed by atoms with Gasteiger partial charge in [0.15, 0.2) is 5.69 Å². The first-order chi connectivity index (χ1) is 6.06. The van der Waals surface area contributed by atoms with Crippen LogP contribution in [0.5, 0.6) is 0 Å². The lowest BCUT2D eigenvalue weighted by atomic mass is 10.2. The monoisotopic (exact) mass is 183 g/mol. The summed E-state index contributed by atoms with van der Waals surface area (Å²) < 4.78 is 6.11. The average molecular weight is 183 g/mol. The highest BCUT2D eigenvalue weighted by Gasteiger charge is 2.14. The number of hydrogen-bond donors (Lipinski definition) is 1. The normalized spacial score (nSPS) is 12.6. The Bertz CT molecular complexity index is 317. The maximum atomic E-state index is 11.1. The van der Waals surface area contributed by atoms with Gasteiger partial charge < -0.3 is 10.5 Å². The zero-order chi connectivity index (χ0) is 10.0. The number of esters is 1. The number of aromatic nitrogens is 2. The highest BCUT2D eigenvalue weighted by atomic mass is 16.5. The Hall–Kier alpha value is -1.36. The fourth-order valence-corrected chi connectivity index (χ4v) is 1.11. The van der Waals surface area contributed by atoms with Crippen molar-refractivity contribution in [3.63, 3.8) is 0 Å². The van der Waals surface area contributed by atoms with E-state index in [-0.39, 0.29) is 11.7 Å². The maximum Gasteiger partial charge on any atom is 0.358 e. The largest absolute Gasteiger partial charge is 0.464 e. The summed E-state index contributed by atoms with van der Waals surface area (Å²) in [6.45, 7) is 1.83. The summed E-state index contributed by atoms with van der Waals surface area (Å²) >= 11 is 0. The summed E-state index contributed by atoms with van der Waals surface area (Å²) in [5.41, 5.74) is 6.75. The molecule has 1 rings (SSSR count). The number of hydrogen-bond acceptors (Lipinski definition) is 4. The predicted octanol–water partition coefficient (Wildman–Crippen LogP) is 0.226. The number of ether oxygens (including phenoxy) is 1. The SMILES string of the molecule is COC(=O)c1cc(C(C)N)n(C)n1. The molecule has 5 nitrogen and oxygen atoms in total. The van der Waals surface area contributed by atoms with E-state index in [9.17, 15) is 4.79 Å². The molecule has 1 aromatic rings. The number of carbonyl (C=O) groups is 1. The molecule has 0 aliphatic heterocycles. The van der Waals surface area contributed by atoms with E-state index in [0.717, 1.165) is 5.69 Å². The van der Waals surface area contributed by atoms with Crippen LogP contribution in [-0.2, 0) is 11.8 Å². The van der Waals surface area contributed by atoms with Gasteiger partial charge in [-0.15, -0.1) is 0 Å². The number of nitrogens with two attached hydrogens (primary N) is 1. The molecule has 0 fully saturated rings. The Morgan fingerprint density at radius 3 is 2.77 bits per heavy atom. The zero-order valence-corrected chi connectivity index (χ0v) is 7.94. The number of nitrogens with zero attached hydrogens (tertiary/aromatic N) is 2. The molecule has 0 saturated carbocycles. The van der Waals surface area contributed by atoms with Gasteiger partial charge >= 0.3 is 5.97 Å². The van der Waals surface area contributed by atoms with Crippen molar-refractivity contribution in [1.29, 1.82) is 0 Å². The van der Waals surface area contributed by atoms with Crippen LogP contribution in [0.25, 0.3) is 0 Å². The lowest BCUT2D eigenvalue weighted by Gasteiger charge is -2.03. The van der Waals surface area contributed by atoms with Crippen molar-refractivity contribution in [2.45, 2.75) is 13.0 Å². The van der Waals surface area contributed by atoms with Crippen molar-refractivity contribution in [1.82, 2.24) is 9.78 Å². The number of aryl methyl sites for hydroxylation is 1. The van der Waals surface area contributed by atoms with E-state index in [1.165, 1.54) is 7.11 Å². The van der Waals surface area contributed by atoms with Crippen molar-refractivity contribution >= 4 is 5.97 Å². The summed E-state index contributed by atoms with van der Waals surface area (Å²) in [6, 6.07) is 1.49. The molecule has 0 radical (unpaired) electrons. The van der Waals surface area contributed by atoms with Gasteiger partial charge in [-0.05, 0) is 13.0 Å². The molecule has 0 aromatic carbocycles. The van der Waals surface area contributed by atoms with Crippen LogP contribution in [0.4, 0.5) is 0 Å². The van der Waals surface area contributed by atoms with Gasteiger partial charge in [0.05, 0.1) is 12.8 Å². The van der Waals surface area contributed by atoms with Crippen LogP contribution in [0.3, 0.4) is 0 Å². The number of rotatable bonds is 2. The minimum Gasteiger partial charge on any atom is -0.464 e. The second-order valence-electron chi connectivity index (χ2n) is 2.86. The maximum absolute atomic E-state index is 11.1. The Kier molecular flexibility index (Phi) is 2.67. The second kappa shape index (κ2) is 3.57. The molecule has 0 bridgehead atoms. The second-order valence-corrected chi connectivity index (χ2v) is 2.86.